The predicted octanol–water partition coefficient (Wildman–Crippen LogP) is 4.03. The molecule has 0 saturated carbocycles. The van der Waals surface area contributed by atoms with Crippen LogP contribution in [-0.4, -0.2) is 37.1 Å². The summed E-state index contributed by atoms with van der Waals surface area (Å²) in [6, 6.07) is 13.5. The fourth-order valence-corrected chi connectivity index (χ4v) is 5.10. The van der Waals surface area contributed by atoms with E-state index >= 15 is 0 Å². The Bertz CT molecular complexity index is 1360. The molecule has 0 spiro atoms. The van der Waals surface area contributed by atoms with Crippen LogP contribution in [0.1, 0.15) is 55.1 Å². The first-order chi connectivity index (χ1) is 17.9. The van der Waals surface area contributed by atoms with Crippen LogP contribution in [-0.2, 0) is 27.2 Å². The molecule has 190 valence electrons. The molecule has 0 aliphatic heterocycles. The Hall–Kier alpha value is -4.31. The van der Waals surface area contributed by atoms with Gasteiger partial charge in [-0.2, -0.15) is 5.10 Å². The summed E-state index contributed by atoms with van der Waals surface area (Å²) in [5, 5.41) is 6.63. The Kier molecular flexibility index (Phi) is 8.09. The minimum absolute atomic E-state index is 0.304. The summed E-state index contributed by atoms with van der Waals surface area (Å²) in [6.45, 7) is 1.93. The molecule has 2 amide bonds. The molecule has 0 atom stereocenters. The van der Waals surface area contributed by atoms with Crippen molar-refractivity contribution in [1.82, 2.24) is 5.43 Å². The number of hydrogen-bond acceptors (Lipinski definition) is 8. The second-order valence-corrected chi connectivity index (χ2v) is 9.49. The molecule has 1 aliphatic rings. The van der Waals surface area contributed by atoms with Gasteiger partial charge in [0.1, 0.15) is 10.8 Å². The molecule has 10 heteroatoms. The number of carbonyl (C=O) groups is 4. The number of rotatable bonds is 6. The summed E-state index contributed by atoms with van der Waals surface area (Å²) in [6.07, 6.45) is 4.85. The minimum atomic E-state index is -0.984. The zero-order chi connectivity index (χ0) is 26.4. The van der Waals surface area contributed by atoms with Crippen LogP contribution in [0, 0.1) is 6.92 Å². The second kappa shape index (κ2) is 11.6. The van der Waals surface area contributed by atoms with Gasteiger partial charge in [-0.05, 0) is 80.1 Å². The van der Waals surface area contributed by atoms with E-state index in [0.717, 1.165) is 41.7 Å². The van der Waals surface area contributed by atoms with E-state index in [9.17, 15) is 19.2 Å². The Labute approximate surface area is 217 Å². The topological polar surface area (TPSA) is 123 Å². The molecule has 9 nitrogen and oxygen atoms in total. The van der Waals surface area contributed by atoms with Crippen LogP contribution in [0.5, 0.6) is 5.75 Å². The molecule has 0 radical (unpaired) electrons. The molecule has 4 rings (SSSR count). The van der Waals surface area contributed by atoms with Crippen molar-refractivity contribution in [3.05, 3.63) is 81.2 Å². The fraction of sp³-hybridized carbons (Fsp3) is 0.222. The Balaban J connectivity index is 1.33. The van der Waals surface area contributed by atoms with E-state index in [0.29, 0.717) is 27.4 Å². The van der Waals surface area contributed by atoms with Crippen molar-refractivity contribution >= 4 is 46.3 Å². The normalized spacial score (nSPS) is 12.5. The lowest BCUT2D eigenvalue weighted by molar-refractivity contribution is -0.136. The van der Waals surface area contributed by atoms with Gasteiger partial charge in [-0.3, -0.25) is 9.59 Å². The number of thiophene rings is 1. The van der Waals surface area contributed by atoms with E-state index in [2.05, 4.69) is 15.8 Å². The number of hydrazone groups is 1. The number of aryl methyl sites for hydroxylation is 2. The highest BCUT2D eigenvalue weighted by atomic mass is 32.1. The number of hydrogen-bond donors (Lipinski definition) is 2. The summed E-state index contributed by atoms with van der Waals surface area (Å²) in [7, 11) is 1.28. The molecule has 0 unspecified atom stereocenters. The number of carbonyl (C=O) groups excluding carboxylic acids is 4. The van der Waals surface area contributed by atoms with Crippen molar-refractivity contribution in [2.24, 2.45) is 5.10 Å². The first kappa shape index (κ1) is 25.8. The summed E-state index contributed by atoms with van der Waals surface area (Å²) < 4.78 is 10.2. The molecule has 2 aromatic carbocycles. The van der Waals surface area contributed by atoms with Gasteiger partial charge in [0.2, 0.25) is 0 Å². The van der Waals surface area contributed by atoms with E-state index in [1.165, 1.54) is 24.7 Å². The van der Waals surface area contributed by atoms with Crippen LogP contribution in [0.2, 0.25) is 0 Å². The number of ether oxygens (including phenoxy) is 2. The zero-order valence-corrected chi connectivity index (χ0v) is 21.1. The van der Waals surface area contributed by atoms with Gasteiger partial charge in [0, 0.05) is 4.88 Å². The number of nitrogens with one attached hydrogen (secondary N) is 2. The first-order valence-corrected chi connectivity index (χ1v) is 12.4. The van der Waals surface area contributed by atoms with Crippen molar-refractivity contribution in [1.29, 1.82) is 0 Å². The van der Waals surface area contributed by atoms with Gasteiger partial charge >= 0.3 is 23.8 Å². The maximum atomic E-state index is 12.4. The largest absolute Gasteiger partial charge is 0.465 e. The van der Waals surface area contributed by atoms with Crippen molar-refractivity contribution in [2.45, 2.75) is 32.6 Å². The van der Waals surface area contributed by atoms with Crippen LogP contribution < -0.4 is 15.5 Å². The lowest BCUT2D eigenvalue weighted by Gasteiger charge is -2.11. The highest BCUT2D eigenvalue weighted by Gasteiger charge is 2.28. The van der Waals surface area contributed by atoms with Gasteiger partial charge in [0.05, 0.1) is 24.5 Å². The van der Waals surface area contributed by atoms with Gasteiger partial charge in [-0.1, -0.05) is 17.7 Å². The van der Waals surface area contributed by atoms with Crippen LogP contribution >= 0.6 is 11.3 Å². The van der Waals surface area contributed by atoms with Crippen molar-refractivity contribution in [2.75, 3.05) is 12.4 Å². The molecule has 0 fully saturated rings. The monoisotopic (exact) mass is 519 g/mol. The third-order valence-electron chi connectivity index (χ3n) is 5.75. The maximum absolute atomic E-state index is 12.4. The van der Waals surface area contributed by atoms with Gasteiger partial charge in [0.25, 0.3) is 0 Å². The van der Waals surface area contributed by atoms with Crippen molar-refractivity contribution < 1.29 is 28.7 Å². The number of amides is 2. The molecular weight excluding hydrogens is 494 g/mol. The first-order valence-electron chi connectivity index (χ1n) is 11.6. The van der Waals surface area contributed by atoms with E-state index in [1.807, 2.05) is 19.1 Å². The summed E-state index contributed by atoms with van der Waals surface area (Å²) in [5.74, 6) is -2.59. The molecule has 2 N–H and O–H groups in total. The Morgan fingerprint density at radius 1 is 0.919 bits per heavy atom. The standard InChI is InChI=1S/C27H25N3O6S/c1-16-7-11-18(12-8-16)26(33)36-19-13-9-17(10-14-19)15-28-30-24(32)23(31)29-25-22(27(34)35-2)20-5-3-4-6-21(20)37-25/h7-15H,3-6H2,1-2H3,(H,29,31)(H,30,32). The van der Waals surface area contributed by atoms with Crippen LogP contribution in [0.15, 0.2) is 53.6 Å². The minimum Gasteiger partial charge on any atom is -0.465 e. The molecule has 1 heterocycles. The highest BCUT2D eigenvalue weighted by Crippen LogP contribution is 2.38. The third kappa shape index (κ3) is 6.28. The molecule has 0 saturated heterocycles. The summed E-state index contributed by atoms with van der Waals surface area (Å²) in [5.41, 5.74) is 5.46. The SMILES string of the molecule is COC(=O)c1c(NC(=O)C(=O)NN=Cc2ccc(OC(=O)c3ccc(C)cc3)cc2)sc2c1CCCC2. The lowest BCUT2D eigenvalue weighted by Crippen LogP contribution is -2.32. The number of fused-ring (bicyclic) bond motifs is 1. The Morgan fingerprint density at radius 3 is 2.32 bits per heavy atom. The van der Waals surface area contributed by atoms with E-state index in [-0.39, 0.29) is 0 Å². The van der Waals surface area contributed by atoms with E-state index in [4.69, 9.17) is 9.47 Å². The molecule has 3 aromatic rings. The molecule has 1 aromatic heterocycles. The van der Waals surface area contributed by atoms with Gasteiger partial charge < -0.3 is 14.8 Å². The lowest BCUT2D eigenvalue weighted by atomic mass is 9.95. The average molecular weight is 520 g/mol. The van der Waals surface area contributed by atoms with Crippen LogP contribution in [0.3, 0.4) is 0 Å². The van der Waals surface area contributed by atoms with Crippen molar-refractivity contribution in [3.63, 3.8) is 0 Å². The second-order valence-electron chi connectivity index (χ2n) is 8.38. The predicted molar refractivity (Wildman–Crippen MR) is 139 cm³/mol. The molecule has 1 aliphatic carbocycles. The fourth-order valence-electron chi connectivity index (χ4n) is 3.83. The third-order valence-corrected chi connectivity index (χ3v) is 6.96. The van der Waals surface area contributed by atoms with E-state index in [1.54, 1.807) is 36.4 Å². The van der Waals surface area contributed by atoms with Crippen LogP contribution in [0.4, 0.5) is 5.00 Å². The summed E-state index contributed by atoms with van der Waals surface area (Å²) >= 11 is 1.29. The summed E-state index contributed by atoms with van der Waals surface area (Å²) in [4.78, 5) is 50.2. The molecular formula is C27H25N3O6S. The number of anilines is 1. The number of benzene rings is 2. The van der Waals surface area contributed by atoms with Gasteiger partial charge in [-0.25, -0.2) is 15.0 Å². The van der Waals surface area contributed by atoms with Gasteiger partial charge in [-0.15, -0.1) is 11.3 Å². The maximum Gasteiger partial charge on any atom is 0.343 e. The highest BCUT2D eigenvalue weighted by molar-refractivity contribution is 7.17. The van der Waals surface area contributed by atoms with E-state index < -0.39 is 23.8 Å². The zero-order valence-electron chi connectivity index (χ0n) is 20.3. The smallest absolute Gasteiger partial charge is 0.343 e. The molecule has 37 heavy (non-hydrogen) atoms. The number of esters is 2. The Morgan fingerprint density at radius 2 is 1.62 bits per heavy atom. The van der Waals surface area contributed by atoms with Crippen molar-refractivity contribution in [3.8, 4) is 5.75 Å². The number of nitrogens with zero attached hydrogens (tertiary/aromatic N) is 1. The quantitative estimate of drug-likeness (QED) is 0.167. The number of methoxy groups -OCH3 is 1. The molecule has 0 bridgehead atoms. The van der Waals surface area contributed by atoms with Gasteiger partial charge in [0.15, 0.2) is 0 Å². The average Bonchev–Trinajstić information content (AvgIpc) is 3.27. The van der Waals surface area contributed by atoms with Crippen LogP contribution in [0.25, 0.3) is 0 Å².